The first kappa shape index (κ1) is 12.9. The van der Waals surface area contributed by atoms with Gasteiger partial charge in [0.1, 0.15) is 0 Å². The average molecular weight is 251 g/mol. The van der Waals surface area contributed by atoms with E-state index in [0.29, 0.717) is 11.5 Å². The highest BCUT2D eigenvalue weighted by molar-refractivity contribution is 4.88. The molecular formula is C16H29NO. The van der Waals surface area contributed by atoms with E-state index in [-0.39, 0.29) is 0 Å². The van der Waals surface area contributed by atoms with Crippen LogP contribution in [-0.4, -0.2) is 25.8 Å². The van der Waals surface area contributed by atoms with Gasteiger partial charge in [-0.3, -0.25) is 0 Å². The van der Waals surface area contributed by atoms with Crippen molar-refractivity contribution >= 4 is 0 Å². The second kappa shape index (κ2) is 5.92. The molecule has 0 aromatic rings. The number of nitrogens with one attached hydrogen (secondary N) is 1. The van der Waals surface area contributed by atoms with E-state index >= 15 is 0 Å². The van der Waals surface area contributed by atoms with E-state index in [1.807, 2.05) is 0 Å². The summed E-state index contributed by atoms with van der Waals surface area (Å²) in [6, 6.07) is 0. The highest BCUT2D eigenvalue weighted by Gasteiger charge is 2.35. The Hall–Kier alpha value is -0.0800. The molecule has 3 aliphatic rings. The third kappa shape index (κ3) is 3.08. The van der Waals surface area contributed by atoms with Crippen LogP contribution in [0.25, 0.3) is 0 Å². The van der Waals surface area contributed by atoms with Gasteiger partial charge < -0.3 is 10.1 Å². The van der Waals surface area contributed by atoms with Crippen molar-refractivity contribution < 1.29 is 4.74 Å². The Labute approximate surface area is 112 Å². The molecule has 1 unspecified atom stereocenters. The second-order valence-electron chi connectivity index (χ2n) is 7.01. The molecule has 18 heavy (non-hydrogen) atoms. The van der Waals surface area contributed by atoms with Gasteiger partial charge in [-0.1, -0.05) is 44.9 Å². The molecule has 1 aliphatic heterocycles. The summed E-state index contributed by atoms with van der Waals surface area (Å²) >= 11 is 0. The molecular weight excluding hydrogens is 222 g/mol. The quantitative estimate of drug-likeness (QED) is 0.811. The third-order valence-corrected chi connectivity index (χ3v) is 5.48. The highest BCUT2D eigenvalue weighted by Crippen LogP contribution is 2.38. The summed E-state index contributed by atoms with van der Waals surface area (Å²) < 4.78 is 6.30. The zero-order chi connectivity index (χ0) is 12.3. The summed E-state index contributed by atoms with van der Waals surface area (Å²) in [6.07, 6.45) is 14.6. The molecule has 0 bridgehead atoms. The van der Waals surface area contributed by atoms with Gasteiger partial charge in [0, 0.05) is 18.5 Å². The Morgan fingerprint density at radius 3 is 2.56 bits per heavy atom. The summed E-state index contributed by atoms with van der Waals surface area (Å²) in [4.78, 5) is 0. The van der Waals surface area contributed by atoms with E-state index in [4.69, 9.17) is 4.74 Å². The zero-order valence-electron chi connectivity index (χ0n) is 11.8. The molecule has 1 saturated heterocycles. The van der Waals surface area contributed by atoms with Crippen LogP contribution in [0.2, 0.25) is 0 Å². The van der Waals surface area contributed by atoms with Gasteiger partial charge >= 0.3 is 0 Å². The van der Waals surface area contributed by atoms with Crippen LogP contribution < -0.4 is 5.32 Å². The molecule has 2 heteroatoms. The molecule has 2 nitrogen and oxygen atoms in total. The van der Waals surface area contributed by atoms with Gasteiger partial charge in [-0.2, -0.15) is 0 Å². The summed E-state index contributed by atoms with van der Waals surface area (Å²) in [6.45, 7) is 3.32. The van der Waals surface area contributed by atoms with Crippen LogP contribution in [0.15, 0.2) is 0 Å². The van der Waals surface area contributed by atoms with Crippen molar-refractivity contribution in [3.05, 3.63) is 0 Å². The first-order chi connectivity index (χ1) is 8.86. The lowest BCUT2D eigenvalue weighted by atomic mass is 9.74. The Balaban J connectivity index is 1.51. The number of hydrogen-bond donors (Lipinski definition) is 1. The predicted molar refractivity (Wildman–Crippen MR) is 74.7 cm³/mol. The molecule has 1 atom stereocenters. The molecule has 0 radical (unpaired) electrons. The number of rotatable bonds is 2. The van der Waals surface area contributed by atoms with Crippen LogP contribution in [0, 0.1) is 11.3 Å². The minimum atomic E-state index is 0.489. The van der Waals surface area contributed by atoms with Crippen LogP contribution in [0.5, 0.6) is 0 Å². The van der Waals surface area contributed by atoms with Crippen LogP contribution >= 0.6 is 0 Å². The Kier molecular flexibility index (Phi) is 4.25. The summed E-state index contributed by atoms with van der Waals surface area (Å²) in [5.74, 6) is 0.956. The standard InChI is InChI=1S/C16H29NO/c1-4-8-16(9-5-1)12-17-11-15(18-13-16)10-14-6-2-3-7-14/h14-15,17H,1-13H2. The lowest BCUT2D eigenvalue weighted by molar-refractivity contribution is -0.00953. The summed E-state index contributed by atoms with van der Waals surface area (Å²) in [7, 11) is 0. The van der Waals surface area contributed by atoms with Crippen molar-refractivity contribution in [1.82, 2.24) is 5.32 Å². The minimum Gasteiger partial charge on any atom is -0.376 e. The van der Waals surface area contributed by atoms with Gasteiger partial charge in [-0.15, -0.1) is 0 Å². The first-order valence-corrected chi connectivity index (χ1v) is 8.19. The number of ether oxygens (including phenoxy) is 1. The summed E-state index contributed by atoms with van der Waals surface area (Å²) in [5.41, 5.74) is 0.489. The van der Waals surface area contributed by atoms with Crippen molar-refractivity contribution in [1.29, 1.82) is 0 Å². The van der Waals surface area contributed by atoms with Gasteiger partial charge in [0.15, 0.2) is 0 Å². The smallest absolute Gasteiger partial charge is 0.0702 e. The van der Waals surface area contributed by atoms with Crippen LogP contribution in [0.1, 0.15) is 64.2 Å². The fraction of sp³-hybridized carbons (Fsp3) is 1.00. The van der Waals surface area contributed by atoms with E-state index in [0.717, 1.165) is 19.1 Å². The maximum absolute atomic E-state index is 6.30. The third-order valence-electron chi connectivity index (χ3n) is 5.48. The second-order valence-corrected chi connectivity index (χ2v) is 7.01. The average Bonchev–Trinajstić information content (AvgIpc) is 2.83. The highest BCUT2D eigenvalue weighted by atomic mass is 16.5. The maximum Gasteiger partial charge on any atom is 0.0702 e. The molecule has 3 rings (SSSR count). The Bertz CT molecular complexity index is 254. The Morgan fingerprint density at radius 1 is 1.00 bits per heavy atom. The molecule has 0 aromatic carbocycles. The lowest BCUT2D eigenvalue weighted by Crippen LogP contribution is -2.37. The van der Waals surface area contributed by atoms with Crippen LogP contribution in [0.4, 0.5) is 0 Å². The fourth-order valence-electron chi connectivity index (χ4n) is 4.30. The van der Waals surface area contributed by atoms with Gasteiger partial charge in [0.05, 0.1) is 12.7 Å². The van der Waals surface area contributed by atoms with Crippen LogP contribution in [-0.2, 0) is 4.74 Å². The lowest BCUT2D eigenvalue weighted by Gasteiger charge is -2.35. The Morgan fingerprint density at radius 2 is 1.78 bits per heavy atom. The van der Waals surface area contributed by atoms with Crippen molar-refractivity contribution in [3.63, 3.8) is 0 Å². The monoisotopic (exact) mass is 251 g/mol. The summed E-state index contributed by atoms with van der Waals surface area (Å²) in [5, 5.41) is 3.71. The van der Waals surface area contributed by atoms with E-state index in [9.17, 15) is 0 Å². The van der Waals surface area contributed by atoms with Gasteiger partial charge in [-0.25, -0.2) is 0 Å². The van der Waals surface area contributed by atoms with E-state index < -0.39 is 0 Å². The van der Waals surface area contributed by atoms with Gasteiger partial charge in [-0.05, 0) is 25.2 Å². The zero-order valence-corrected chi connectivity index (χ0v) is 11.8. The van der Waals surface area contributed by atoms with Gasteiger partial charge in [0.25, 0.3) is 0 Å². The van der Waals surface area contributed by atoms with Crippen molar-refractivity contribution in [2.45, 2.75) is 70.3 Å². The number of hydrogen-bond acceptors (Lipinski definition) is 2. The van der Waals surface area contributed by atoms with Crippen molar-refractivity contribution in [2.24, 2.45) is 11.3 Å². The molecule has 2 aliphatic carbocycles. The van der Waals surface area contributed by atoms with Crippen molar-refractivity contribution in [2.75, 3.05) is 19.7 Å². The van der Waals surface area contributed by atoms with E-state index in [1.54, 1.807) is 0 Å². The first-order valence-electron chi connectivity index (χ1n) is 8.19. The molecule has 0 amide bonds. The molecule has 104 valence electrons. The molecule has 2 saturated carbocycles. The van der Waals surface area contributed by atoms with E-state index in [2.05, 4.69) is 5.32 Å². The largest absolute Gasteiger partial charge is 0.376 e. The van der Waals surface area contributed by atoms with Gasteiger partial charge in [0.2, 0.25) is 0 Å². The SMILES string of the molecule is C1CCC2(CC1)CNCC(CC1CCCC1)OC2. The minimum absolute atomic E-state index is 0.489. The molecule has 1 spiro atoms. The molecule has 1 heterocycles. The molecule has 1 N–H and O–H groups in total. The topological polar surface area (TPSA) is 21.3 Å². The maximum atomic E-state index is 6.30. The molecule has 3 fully saturated rings. The van der Waals surface area contributed by atoms with E-state index in [1.165, 1.54) is 70.8 Å². The normalized spacial score (nSPS) is 33.7. The van der Waals surface area contributed by atoms with Crippen LogP contribution in [0.3, 0.4) is 0 Å². The van der Waals surface area contributed by atoms with Crippen molar-refractivity contribution in [3.8, 4) is 0 Å². The molecule has 0 aromatic heterocycles. The fourth-order valence-corrected chi connectivity index (χ4v) is 4.30. The predicted octanol–water partition coefficient (Wildman–Crippen LogP) is 3.51.